The second-order valence-electron chi connectivity index (χ2n) is 3.91. The van der Waals surface area contributed by atoms with E-state index >= 15 is 0 Å². The topological polar surface area (TPSA) is 29.1 Å². The Hall–Kier alpha value is -1.02. The molecule has 0 aromatic heterocycles. The van der Waals surface area contributed by atoms with Gasteiger partial charge in [0.25, 0.3) is 0 Å². The predicted octanol–water partition coefficient (Wildman–Crippen LogP) is 3.02. The van der Waals surface area contributed by atoms with Crippen molar-refractivity contribution in [1.82, 2.24) is 5.32 Å². The normalized spacial score (nSPS) is 10.1. The van der Waals surface area contributed by atoms with E-state index in [1.54, 1.807) is 0 Å². The maximum Gasteiger partial charge on any atom is 0.220 e. The number of carbonyl (C=O) groups excluding carboxylic acids is 1. The zero-order chi connectivity index (χ0) is 11.8. The van der Waals surface area contributed by atoms with Crippen molar-refractivity contribution in [1.29, 1.82) is 0 Å². The maximum atomic E-state index is 11.4. The van der Waals surface area contributed by atoms with Crippen LogP contribution in [0.25, 0.3) is 0 Å². The molecule has 2 nitrogen and oxygen atoms in total. The van der Waals surface area contributed by atoms with Gasteiger partial charge in [-0.2, -0.15) is 0 Å². The van der Waals surface area contributed by atoms with Gasteiger partial charge < -0.3 is 5.32 Å². The maximum absolute atomic E-state index is 11.4. The third-order valence-corrected chi connectivity index (χ3v) is 2.67. The fourth-order valence-electron chi connectivity index (χ4n) is 1.38. The Morgan fingerprint density at radius 2 is 1.94 bits per heavy atom. The molecule has 0 unspecified atom stereocenters. The minimum Gasteiger partial charge on any atom is -0.352 e. The summed E-state index contributed by atoms with van der Waals surface area (Å²) in [5.74, 6) is 0.733. The summed E-state index contributed by atoms with van der Waals surface area (Å²) in [6, 6.07) is 8.17. The number of aryl methyl sites for hydroxylation is 1. The minimum atomic E-state index is 0.102. The summed E-state index contributed by atoms with van der Waals surface area (Å²) in [6.07, 6.45) is 2.33. The van der Waals surface area contributed by atoms with Crippen molar-refractivity contribution in [2.24, 2.45) is 0 Å². The van der Waals surface area contributed by atoms with E-state index in [1.807, 2.05) is 12.1 Å². The Morgan fingerprint density at radius 1 is 1.25 bits per heavy atom. The average Bonchev–Trinajstić information content (AvgIpc) is 2.29. The highest BCUT2D eigenvalue weighted by molar-refractivity contribution is 6.17. The molecule has 0 fully saturated rings. The van der Waals surface area contributed by atoms with Crippen LogP contribution in [-0.2, 0) is 11.3 Å². The molecule has 1 aromatic rings. The number of nitrogens with one attached hydrogen (secondary N) is 1. The molecule has 0 radical (unpaired) electrons. The van der Waals surface area contributed by atoms with Gasteiger partial charge in [0.15, 0.2) is 0 Å². The molecule has 16 heavy (non-hydrogen) atoms. The molecule has 0 aliphatic carbocycles. The number of unbranched alkanes of at least 4 members (excludes halogenated alkanes) is 1. The molecule has 0 heterocycles. The lowest BCUT2D eigenvalue weighted by atomic mass is 10.1. The Balaban J connectivity index is 2.23. The Kier molecular flexibility index (Phi) is 5.94. The summed E-state index contributed by atoms with van der Waals surface area (Å²) in [5, 5.41) is 2.90. The average molecular weight is 240 g/mol. The fourth-order valence-corrected chi connectivity index (χ4v) is 1.56. The van der Waals surface area contributed by atoms with Gasteiger partial charge in [-0.15, -0.1) is 11.6 Å². The first-order valence-electron chi connectivity index (χ1n) is 5.60. The number of halogens is 1. The Morgan fingerprint density at radius 3 is 2.56 bits per heavy atom. The summed E-state index contributed by atoms with van der Waals surface area (Å²) >= 11 is 5.54. The first-order valence-corrected chi connectivity index (χ1v) is 6.14. The van der Waals surface area contributed by atoms with Crippen molar-refractivity contribution < 1.29 is 4.79 Å². The standard InChI is InChI=1S/C13H18ClNO/c1-11-5-7-12(8-6-11)10-15-13(16)4-2-3-9-14/h5-8H,2-4,9-10H2,1H3,(H,15,16). The molecular weight excluding hydrogens is 222 g/mol. The summed E-state index contributed by atoms with van der Waals surface area (Å²) in [4.78, 5) is 11.4. The number of rotatable bonds is 6. The quantitative estimate of drug-likeness (QED) is 0.600. The highest BCUT2D eigenvalue weighted by atomic mass is 35.5. The third-order valence-electron chi connectivity index (χ3n) is 2.40. The van der Waals surface area contributed by atoms with Gasteiger partial charge in [0.1, 0.15) is 0 Å². The number of hydrogen-bond donors (Lipinski definition) is 1. The van der Waals surface area contributed by atoms with E-state index in [0.717, 1.165) is 18.4 Å². The first kappa shape index (κ1) is 13.0. The lowest BCUT2D eigenvalue weighted by Crippen LogP contribution is -2.22. The molecular formula is C13H18ClNO. The van der Waals surface area contributed by atoms with E-state index < -0.39 is 0 Å². The van der Waals surface area contributed by atoms with E-state index in [-0.39, 0.29) is 5.91 Å². The molecule has 1 amide bonds. The second-order valence-corrected chi connectivity index (χ2v) is 4.29. The molecule has 0 aliphatic rings. The number of hydrogen-bond acceptors (Lipinski definition) is 1. The number of carbonyl (C=O) groups is 1. The molecule has 0 bridgehead atoms. The van der Waals surface area contributed by atoms with E-state index in [1.165, 1.54) is 5.56 Å². The van der Waals surface area contributed by atoms with Gasteiger partial charge in [0.05, 0.1) is 0 Å². The van der Waals surface area contributed by atoms with Crippen LogP contribution in [0.1, 0.15) is 30.4 Å². The molecule has 0 spiro atoms. The van der Waals surface area contributed by atoms with Crippen LogP contribution in [0.5, 0.6) is 0 Å². The minimum absolute atomic E-state index is 0.102. The molecule has 1 aromatic carbocycles. The third kappa shape index (κ3) is 5.17. The van der Waals surface area contributed by atoms with Crippen LogP contribution >= 0.6 is 11.6 Å². The van der Waals surface area contributed by atoms with Crippen LogP contribution in [0.4, 0.5) is 0 Å². The van der Waals surface area contributed by atoms with Crippen molar-refractivity contribution in [3.8, 4) is 0 Å². The molecule has 0 atom stereocenters. The molecule has 0 saturated heterocycles. The fraction of sp³-hybridized carbons (Fsp3) is 0.462. The van der Waals surface area contributed by atoms with Gasteiger partial charge in [-0.25, -0.2) is 0 Å². The SMILES string of the molecule is Cc1ccc(CNC(=O)CCCCCl)cc1. The molecule has 1 rings (SSSR count). The zero-order valence-corrected chi connectivity index (χ0v) is 10.4. The van der Waals surface area contributed by atoms with Gasteiger partial charge in [0, 0.05) is 18.8 Å². The van der Waals surface area contributed by atoms with Crippen LogP contribution in [-0.4, -0.2) is 11.8 Å². The molecule has 0 saturated carbocycles. The summed E-state index contributed by atoms with van der Waals surface area (Å²) in [5.41, 5.74) is 2.37. The lowest BCUT2D eigenvalue weighted by Gasteiger charge is -2.05. The molecule has 1 N–H and O–H groups in total. The highest BCUT2D eigenvalue weighted by Gasteiger charge is 2.00. The zero-order valence-electron chi connectivity index (χ0n) is 9.63. The van der Waals surface area contributed by atoms with E-state index in [9.17, 15) is 4.79 Å². The van der Waals surface area contributed by atoms with Crippen molar-refractivity contribution in [3.63, 3.8) is 0 Å². The van der Waals surface area contributed by atoms with Gasteiger partial charge >= 0.3 is 0 Å². The summed E-state index contributed by atoms with van der Waals surface area (Å²) in [6.45, 7) is 2.66. The number of alkyl halides is 1. The number of benzene rings is 1. The largest absolute Gasteiger partial charge is 0.352 e. The van der Waals surface area contributed by atoms with Crippen molar-refractivity contribution >= 4 is 17.5 Å². The van der Waals surface area contributed by atoms with Crippen LogP contribution < -0.4 is 5.32 Å². The summed E-state index contributed by atoms with van der Waals surface area (Å²) in [7, 11) is 0. The van der Waals surface area contributed by atoms with E-state index in [2.05, 4.69) is 24.4 Å². The van der Waals surface area contributed by atoms with Crippen LogP contribution in [0.3, 0.4) is 0 Å². The van der Waals surface area contributed by atoms with Gasteiger partial charge in [0.2, 0.25) is 5.91 Å². The van der Waals surface area contributed by atoms with Gasteiger partial charge in [-0.3, -0.25) is 4.79 Å². The van der Waals surface area contributed by atoms with Gasteiger partial charge in [-0.05, 0) is 25.3 Å². The monoisotopic (exact) mass is 239 g/mol. The van der Waals surface area contributed by atoms with Crippen molar-refractivity contribution in [3.05, 3.63) is 35.4 Å². The Labute approximate surface area is 102 Å². The second kappa shape index (κ2) is 7.29. The smallest absolute Gasteiger partial charge is 0.220 e. The summed E-state index contributed by atoms with van der Waals surface area (Å²) < 4.78 is 0. The first-order chi connectivity index (χ1) is 7.72. The molecule has 3 heteroatoms. The highest BCUT2D eigenvalue weighted by Crippen LogP contribution is 2.03. The molecule has 88 valence electrons. The van der Waals surface area contributed by atoms with Crippen LogP contribution in [0.15, 0.2) is 24.3 Å². The molecule has 0 aliphatic heterocycles. The van der Waals surface area contributed by atoms with Crippen LogP contribution in [0, 0.1) is 6.92 Å². The van der Waals surface area contributed by atoms with Crippen molar-refractivity contribution in [2.75, 3.05) is 5.88 Å². The predicted molar refractivity (Wildman–Crippen MR) is 67.6 cm³/mol. The number of amides is 1. The van der Waals surface area contributed by atoms with Crippen LogP contribution in [0.2, 0.25) is 0 Å². The van der Waals surface area contributed by atoms with E-state index in [4.69, 9.17) is 11.6 Å². The lowest BCUT2D eigenvalue weighted by molar-refractivity contribution is -0.121. The van der Waals surface area contributed by atoms with Gasteiger partial charge in [-0.1, -0.05) is 29.8 Å². The Bertz CT molecular complexity index is 321. The van der Waals surface area contributed by atoms with Crippen molar-refractivity contribution in [2.45, 2.75) is 32.7 Å². The van der Waals surface area contributed by atoms with E-state index in [0.29, 0.717) is 18.8 Å².